The van der Waals surface area contributed by atoms with Crippen LogP contribution in [0.4, 0.5) is 0 Å². The van der Waals surface area contributed by atoms with Crippen LogP contribution in [0.2, 0.25) is 0 Å². The highest BCUT2D eigenvalue weighted by Gasteiger charge is 2.32. The highest BCUT2D eigenvalue weighted by atomic mass is 32.2. The monoisotopic (exact) mass is 580 g/mol. The first kappa shape index (κ1) is 27.8. The molecule has 0 bridgehead atoms. The van der Waals surface area contributed by atoms with Crippen LogP contribution in [-0.2, 0) is 14.8 Å². The Labute approximate surface area is 239 Å². The van der Waals surface area contributed by atoms with Gasteiger partial charge in [0.25, 0.3) is 5.91 Å². The molecular weight excluding hydrogens is 549 g/mol. The number of para-hydroxylation sites is 1. The summed E-state index contributed by atoms with van der Waals surface area (Å²) >= 11 is 6.83. The molecule has 10 heteroatoms. The normalized spacial score (nSPS) is 17.9. The Bertz CT molecular complexity index is 1480. The number of thiocarbonyl (C=S) groups is 1. The molecule has 2 fully saturated rings. The largest absolute Gasteiger partial charge is 0.293 e. The van der Waals surface area contributed by atoms with Crippen LogP contribution >= 0.6 is 24.0 Å². The maximum atomic E-state index is 13.2. The number of amides is 1. The summed E-state index contributed by atoms with van der Waals surface area (Å²) in [6, 6.07) is 16.6. The number of unbranched alkanes of at least 4 members (excludes halogenated alkanes) is 2. The van der Waals surface area contributed by atoms with Gasteiger partial charge in [0.15, 0.2) is 0 Å². The number of aromatic nitrogens is 2. The minimum Gasteiger partial charge on any atom is -0.293 e. The number of hydrogen-bond acceptors (Lipinski definition) is 6. The molecule has 3 heterocycles. The van der Waals surface area contributed by atoms with Crippen molar-refractivity contribution >= 4 is 50.3 Å². The van der Waals surface area contributed by atoms with Crippen LogP contribution in [0, 0.1) is 0 Å². The molecular formula is C29H32N4O3S3. The second kappa shape index (κ2) is 12.2. The summed E-state index contributed by atoms with van der Waals surface area (Å²) in [7, 11) is -3.53. The van der Waals surface area contributed by atoms with E-state index in [0.717, 1.165) is 55.3 Å². The molecule has 1 amide bonds. The molecule has 2 aliphatic heterocycles. The molecule has 2 aromatic carbocycles. The minimum absolute atomic E-state index is 0.0810. The van der Waals surface area contributed by atoms with Crippen LogP contribution in [0.15, 0.2) is 70.6 Å². The van der Waals surface area contributed by atoms with Gasteiger partial charge in [-0.2, -0.15) is 9.40 Å². The summed E-state index contributed by atoms with van der Waals surface area (Å²) in [5.41, 5.74) is 3.08. The Morgan fingerprint density at radius 2 is 1.72 bits per heavy atom. The maximum absolute atomic E-state index is 13.2. The average Bonchev–Trinajstić information content (AvgIpc) is 3.50. The Morgan fingerprint density at radius 1 is 1.00 bits per heavy atom. The van der Waals surface area contributed by atoms with Gasteiger partial charge >= 0.3 is 0 Å². The zero-order valence-electron chi connectivity index (χ0n) is 22.0. The molecule has 3 aromatic rings. The number of sulfonamides is 1. The van der Waals surface area contributed by atoms with Gasteiger partial charge < -0.3 is 0 Å². The second-order valence-electron chi connectivity index (χ2n) is 9.74. The fourth-order valence-corrected chi connectivity index (χ4v) is 7.64. The SMILES string of the molecule is CCCCCN1C(=O)C(=Cc2cn(-c3ccccc3)nc2-c2ccc(S(=O)(=O)N3CCCCC3)cc2)SC1=S. The molecule has 0 aliphatic carbocycles. The summed E-state index contributed by atoms with van der Waals surface area (Å²) in [5, 5.41) is 4.84. The Morgan fingerprint density at radius 3 is 2.41 bits per heavy atom. The smallest absolute Gasteiger partial charge is 0.266 e. The van der Waals surface area contributed by atoms with E-state index in [4.69, 9.17) is 17.3 Å². The third-order valence-electron chi connectivity index (χ3n) is 6.99. The van der Waals surface area contributed by atoms with Crippen LogP contribution in [0.25, 0.3) is 23.0 Å². The highest BCUT2D eigenvalue weighted by molar-refractivity contribution is 8.26. The Kier molecular flexibility index (Phi) is 8.66. The lowest BCUT2D eigenvalue weighted by Gasteiger charge is -2.25. The van der Waals surface area contributed by atoms with Gasteiger partial charge in [-0.25, -0.2) is 13.1 Å². The molecule has 2 saturated heterocycles. The molecule has 1 aromatic heterocycles. The molecule has 0 atom stereocenters. The van der Waals surface area contributed by atoms with Gasteiger partial charge in [0.2, 0.25) is 10.0 Å². The summed E-state index contributed by atoms with van der Waals surface area (Å²) in [6.45, 7) is 3.88. The van der Waals surface area contributed by atoms with Crippen molar-refractivity contribution in [3.8, 4) is 16.9 Å². The van der Waals surface area contributed by atoms with Crippen molar-refractivity contribution in [1.82, 2.24) is 19.0 Å². The van der Waals surface area contributed by atoms with Gasteiger partial charge in [0, 0.05) is 37.0 Å². The number of hydrogen-bond donors (Lipinski definition) is 0. The quantitative estimate of drug-likeness (QED) is 0.173. The third kappa shape index (κ3) is 6.04. The predicted molar refractivity (Wildman–Crippen MR) is 161 cm³/mol. The first-order valence-corrected chi connectivity index (χ1v) is 16.1. The van der Waals surface area contributed by atoms with Crippen LogP contribution < -0.4 is 0 Å². The lowest BCUT2D eigenvalue weighted by atomic mass is 10.1. The fraction of sp³-hybridized carbons (Fsp3) is 0.345. The maximum Gasteiger partial charge on any atom is 0.266 e. The molecule has 0 unspecified atom stereocenters. The molecule has 2 aliphatic rings. The molecule has 7 nitrogen and oxygen atoms in total. The van der Waals surface area contributed by atoms with Gasteiger partial charge in [-0.05, 0) is 49.6 Å². The van der Waals surface area contributed by atoms with Crippen LogP contribution in [0.1, 0.15) is 51.0 Å². The van der Waals surface area contributed by atoms with Crippen LogP contribution in [0.3, 0.4) is 0 Å². The van der Waals surface area contributed by atoms with Crippen molar-refractivity contribution in [2.75, 3.05) is 19.6 Å². The number of piperidine rings is 1. The number of carbonyl (C=O) groups excluding carboxylic acids is 1. The Hall–Kier alpha value is -2.79. The van der Waals surface area contributed by atoms with Gasteiger partial charge in [0.05, 0.1) is 21.2 Å². The van der Waals surface area contributed by atoms with E-state index in [-0.39, 0.29) is 10.8 Å². The number of nitrogens with zero attached hydrogens (tertiary/aromatic N) is 4. The van der Waals surface area contributed by atoms with E-state index in [2.05, 4.69) is 6.92 Å². The highest BCUT2D eigenvalue weighted by Crippen LogP contribution is 2.35. The van der Waals surface area contributed by atoms with Crippen molar-refractivity contribution in [1.29, 1.82) is 0 Å². The van der Waals surface area contributed by atoms with E-state index >= 15 is 0 Å². The van der Waals surface area contributed by atoms with Crippen LogP contribution in [0.5, 0.6) is 0 Å². The molecule has 39 heavy (non-hydrogen) atoms. The van der Waals surface area contributed by atoms with Gasteiger partial charge in [-0.3, -0.25) is 9.69 Å². The molecule has 5 rings (SSSR count). The Balaban J connectivity index is 1.49. The lowest BCUT2D eigenvalue weighted by Crippen LogP contribution is -2.35. The second-order valence-corrected chi connectivity index (χ2v) is 13.4. The first-order chi connectivity index (χ1) is 18.9. The summed E-state index contributed by atoms with van der Waals surface area (Å²) in [5.74, 6) is -0.0810. The minimum atomic E-state index is -3.53. The number of benzene rings is 2. The van der Waals surface area contributed by atoms with E-state index in [9.17, 15) is 13.2 Å². The fourth-order valence-electron chi connectivity index (χ4n) is 4.82. The van der Waals surface area contributed by atoms with Gasteiger partial charge in [0.1, 0.15) is 4.32 Å². The number of thioether (sulfide) groups is 1. The van der Waals surface area contributed by atoms with E-state index in [1.54, 1.807) is 38.2 Å². The molecule has 0 spiro atoms. The standard InChI is InChI=1S/C29H32N4O3S3/c1-2-3-8-19-32-28(34)26(38-29(32)37)20-23-21-33(24-11-6-4-7-12-24)30-27(23)22-13-15-25(16-14-22)39(35,36)31-17-9-5-10-18-31/h4,6-7,11-16,20-21H,2-3,5,8-10,17-19H2,1H3. The molecule has 0 saturated carbocycles. The first-order valence-electron chi connectivity index (χ1n) is 13.4. The average molecular weight is 581 g/mol. The summed E-state index contributed by atoms with van der Waals surface area (Å²) in [6.07, 6.45) is 9.63. The van der Waals surface area contributed by atoms with Crippen molar-refractivity contribution in [2.24, 2.45) is 0 Å². The zero-order valence-corrected chi connectivity index (χ0v) is 24.4. The summed E-state index contributed by atoms with van der Waals surface area (Å²) < 4.78 is 30.2. The predicted octanol–water partition coefficient (Wildman–Crippen LogP) is 6.11. The van der Waals surface area contributed by atoms with Crippen molar-refractivity contribution in [3.05, 3.63) is 71.3 Å². The van der Waals surface area contributed by atoms with Gasteiger partial charge in [-0.15, -0.1) is 0 Å². The van der Waals surface area contributed by atoms with E-state index in [1.165, 1.54) is 11.8 Å². The van der Waals surface area contributed by atoms with Crippen molar-refractivity contribution < 1.29 is 13.2 Å². The van der Waals surface area contributed by atoms with E-state index < -0.39 is 10.0 Å². The number of rotatable bonds is 9. The molecule has 0 N–H and O–H groups in total. The van der Waals surface area contributed by atoms with Gasteiger partial charge in [-0.1, -0.05) is 80.5 Å². The van der Waals surface area contributed by atoms with E-state index in [1.807, 2.05) is 42.6 Å². The van der Waals surface area contributed by atoms with Crippen molar-refractivity contribution in [3.63, 3.8) is 0 Å². The van der Waals surface area contributed by atoms with Crippen LogP contribution in [-0.4, -0.2) is 57.3 Å². The summed E-state index contributed by atoms with van der Waals surface area (Å²) in [4.78, 5) is 15.7. The van der Waals surface area contributed by atoms with E-state index in [0.29, 0.717) is 34.6 Å². The molecule has 0 radical (unpaired) electrons. The lowest BCUT2D eigenvalue weighted by molar-refractivity contribution is -0.122. The molecule has 204 valence electrons. The van der Waals surface area contributed by atoms with Crippen molar-refractivity contribution in [2.45, 2.75) is 50.3 Å². The topological polar surface area (TPSA) is 75.5 Å². The zero-order chi connectivity index (χ0) is 27.4. The number of carbonyl (C=O) groups is 1. The third-order valence-corrected chi connectivity index (χ3v) is 10.3.